The van der Waals surface area contributed by atoms with Crippen LogP contribution in [0, 0.1) is 0 Å². The second kappa shape index (κ2) is 8.70. The highest BCUT2D eigenvalue weighted by atomic mass is 35.5. The summed E-state index contributed by atoms with van der Waals surface area (Å²) in [6.45, 7) is 2.34. The highest BCUT2D eigenvalue weighted by Gasteiger charge is 2.19. The number of alkyl halides is 1. The minimum atomic E-state index is -0.660. The number of aryl methyl sites for hydroxylation is 1. The van der Waals surface area contributed by atoms with E-state index in [9.17, 15) is 4.79 Å². The van der Waals surface area contributed by atoms with Gasteiger partial charge < -0.3 is 14.4 Å². The molecule has 0 aliphatic heterocycles. The van der Waals surface area contributed by atoms with Crippen LogP contribution in [-0.2, 0) is 16.5 Å². The van der Waals surface area contributed by atoms with E-state index >= 15 is 0 Å². The molecule has 0 fully saturated rings. The zero-order valence-electron chi connectivity index (χ0n) is 14.1. The zero-order chi connectivity index (χ0) is 17.5. The number of rotatable bonds is 7. The third-order valence-corrected chi connectivity index (χ3v) is 3.60. The Balaban J connectivity index is 2.00. The van der Waals surface area contributed by atoms with Gasteiger partial charge in [0.2, 0.25) is 0 Å². The van der Waals surface area contributed by atoms with Crippen molar-refractivity contribution in [2.75, 3.05) is 20.2 Å². The maximum atomic E-state index is 11.7. The fourth-order valence-corrected chi connectivity index (χ4v) is 2.33. The summed E-state index contributed by atoms with van der Waals surface area (Å²) in [6.07, 6.45) is 1.01. The van der Waals surface area contributed by atoms with E-state index in [-0.39, 0.29) is 6.10 Å². The summed E-state index contributed by atoms with van der Waals surface area (Å²) in [5, 5.41) is 4.20. The molecule has 2 aromatic rings. The Hall–Kier alpha value is -2.05. The molecule has 2 atom stereocenters. The molecule has 0 radical (unpaired) electrons. The van der Waals surface area contributed by atoms with Crippen LogP contribution in [0.4, 0.5) is 4.79 Å². The largest absolute Gasteiger partial charge is 0.430 e. The molecule has 24 heavy (non-hydrogen) atoms. The Kier molecular flexibility index (Phi) is 6.63. The molecule has 0 bridgehead atoms. The van der Waals surface area contributed by atoms with Gasteiger partial charge in [-0.1, -0.05) is 41.9 Å². The number of halogens is 1. The molecule has 7 heteroatoms. The molecule has 0 spiro atoms. The van der Waals surface area contributed by atoms with Crippen LogP contribution in [0.15, 0.2) is 42.6 Å². The number of hydrogen-bond acceptors (Lipinski definition) is 4. The summed E-state index contributed by atoms with van der Waals surface area (Å²) >= 11 is 5.66. The third-order valence-electron chi connectivity index (χ3n) is 3.52. The van der Waals surface area contributed by atoms with Gasteiger partial charge in [-0.05, 0) is 18.6 Å². The first-order valence-corrected chi connectivity index (χ1v) is 8.13. The number of carbonyl (C=O) groups is 1. The highest BCUT2D eigenvalue weighted by molar-refractivity contribution is 6.19. The van der Waals surface area contributed by atoms with Crippen LogP contribution in [0.25, 0.3) is 0 Å². The van der Waals surface area contributed by atoms with Crippen LogP contribution in [0.3, 0.4) is 0 Å². The summed E-state index contributed by atoms with van der Waals surface area (Å²) in [7, 11) is 3.52. The first-order valence-electron chi connectivity index (χ1n) is 7.69. The van der Waals surface area contributed by atoms with E-state index in [2.05, 4.69) is 5.10 Å². The van der Waals surface area contributed by atoms with E-state index in [4.69, 9.17) is 21.1 Å². The van der Waals surface area contributed by atoms with Crippen LogP contribution in [0.5, 0.6) is 0 Å². The number of amides is 1. The predicted molar refractivity (Wildman–Crippen MR) is 91.9 cm³/mol. The molecule has 0 aliphatic carbocycles. The molecule has 0 N–H and O–H groups in total. The van der Waals surface area contributed by atoms with Gasteiger partial charge >= 0.3 is 6.09 Å². The number of aromatic nitrogens is 2. The number of likely N-dealkylation sites (N-methyl/N-ethyl adjacent to an activating group) is 1. The van der Waals surface area contributed by atoms with E-state index in [0.717, 1.165) is 11.3 Å². The molecule has 0 saturated heterocycles. The fourth-order valence-electron chi connectivity index (χ4n) is 2.25. The van der Waals surface area contributed by atoms with Gasteiger partial charge in [0.25, 0.3) is 0 Å². The van der Waals surface area contributed by atoms with Crippen molar-refractivity contribution in [1.82, 2.24) is 14.7 Å². The minimum Gasteiger partial charge on any atom is -0.430 e. The molecule has 130 valence electrons. The Bertz CT molecular complexity index is 646. The Morgan fingerprint density at radius 2 is 2.04 bits per heavy atom. The molecule has 0 saturated carbocycles. The van der Waals surface area contributed by atoms with E-state index < -0.39 is 11.7 Å². The topological polar surface area (TPSA) is 56.6 Å². The van der Waals surface area contributed by atoms with Crippen LogP contribution in [0.2, 0.25) is 0 Å². The van der Waals surface area contributed by atoms with E-state index in [1.807, 2.05) is 43.4 Å². The summed E-state index contributed by atoms with van der Waals surface area (Å²) in [4.78, 5) is 13.2. The molecule has 0 aliphatic rings. The summed E-state index contributed by atoms with van der Waals surface area (Å²) < 4.78 is 12.7. The van der Waals surface area contributed by atoms with Crippen molar-refractivity contribution in [3.63, 3.8) is 0 Å². The number of benzene rings is 1. The van der Waals surface area contributed by atoms with Crippen LogP contribution in [-0.4, -0.2) is 46.5 Å². The second-order valence-corrected chi connectivity index (χ2v) is 6.00. The lowest BCUT2D eigenvalue weighted by atomic mass is 10.1. The van der Waals surface area contributed by atoms with Gasteiger partial charge in [-0.25, -0.2) is 4.79 Å². The Morgan fingerprint density at radius 3 is 2.62 bits per heavy atom. The molecule has 1 heterocycles. The molecule has 6 nitrogen and oxygen atoms in total. The fraction of sp³-hybridized carbons (Fsp3) is 0.412. The molecule has 1 amide bonds. The molecular weight excluding hydrogens is 330 g/mol. The second-order valence-electron chi connectivity index (χ2n) is 5.39. The number of nitrogens with zero attached hydrogens (tertiary/aromatic N) is 3. The predicted octanol–water partition coefficient (Wildman–Crippen LogP) is 3.18. The standard InChI is InChI=1S/C17H22ClN3O3/c1-13(18)24-17(22)20(2)11-12-23-16(14-7-5-4-6-8-14)15-9-10-19-21(15)3/h4-10,13,16H,11-12H2,1-3H3. The van der Waals surface area contributed by atoms with Crippen molar-refractivity contribution in [3.8, 4) is 0 Å². The quantitative estimate of drug-likeness (QED) is 0.719. The van der Waals surface area contributed by atoms with Gasteiger partial charge in [-0.3, -0.25) is 4.68 Å². The lowest BCUT2D eigenvalue weighted by molar-refractivity contribution is 0.0510. The summed E-state index contributed by atoms with van der Waals surface area (Å²) in [5.74, 6) is 0. The monoisotopic (exact) mass is 351 g/mol. The van der Waals surface area contributed by atoms with Crippen molar-refractivity contribution in [3.05, 3.63) is 53.9 Å². The highest BCUT2D eigenvalue weighted by Crippen LogP contribution is 2.25. The van der Waals surface area contributed by atoms with E-state index in [0.29, 0.717) is 13.2 Å². The van der Waals surface area contributed by atoms with Crippen LogP contribution >= 0.6 is 11.6 Å². The lowest BCUT2D eigenvalue weighted by Crippen LogP contribution is -2.32. The summed E-state index contributed by atoms with van der Waals surface area (Å²) in [6, 6.07) is 11.8. The molecule has 1 aromatic heterocycles. The molecule has 2 unspecified atom stereocenters. The van der Waals surface area contributed by atoms with Crippen molar-refractivity contribution < 1.29 is 14.3 Å². The smallest absolute Gasteiger partial charge is 0.411 e. The van der Waals surface area contributed by atoms with Crippen molar-refractivity contribution >= 4 is 17.7 Å². The van der Waals surface area contributed by atoms with Gasteiger partial charge in [-0.2, -0.15) is 5.10 Å². The van der Waals surface area contributed by atoms with Crippen molar-refractivity contribution in [2.45, 2.75) is 18.6 Å². The van der Waals surface area contributed by atoms with Gasteiger partial charge in [-0.15, -0.1) is 0 Å². The maximum absolute atomic E-state index is 11.7. The van der Waals surface area contributed by atoms with Gasteiger partial charge in [0.05, 0.1) is 12.3 Å². The molecule has 2 rings (SSSR count). The average molecular weight is 352 g/mol. The lowest BCUT2D eigenvalue weighted by Gasteiger charge is -2.22. The van der Waals surface area contributed by atoms with Crippen LogP contribution in [0.1, 0.15) is 24.3 Å². The normalized spacial score (nSPS) is 13.3. The van der Waals surface area contributed by atoms with Crippen molar-refractivity contribution in [1.29, 1.82) is 0 Å². The molecule has 1 aromatic carbocycles. The summed E-state index contributed by atoms with van der Waals surface area (Å²) in [5.41, 5.74) is 1.31. The van der Waals surface area contributed by atoms with E-state index in [1.165, 1.54) is 4.90 Å². The maximum Gasteiger partial charge on any atom is 0.411 e. The van der Waals surface area contributed by atoms with Gasteiger partial charge in [0, 0.05) is 26.8 Å². The number of hydrogen-bond donors (Lipinski definition) is 0. The Labute approximate surface area is 146 Å². The van der Waals surface area contributed by atoms with E-state index in [1.54, 1.807) is 24.9 Å². The van der Waals surface area contributed by atoms with Crippen LogP contribution < -0.4 is 0 Å². The minimum absolute atomic E-state index is 0.255. The van der Waals surface area contributed by atoms with Gasteiger partial charge in [0.1, 0.15) is 6.10 Å². The van der Waals surface area contributed by atoms with Gasteiger partial charge in [0.15, 0.2) is 5.56 Å². The SMILES string of the molecule is CC(Cl)OC(=O)N(C)CCOC(c1ccccc1)c1ccnn1C. The number of carbonyl (C=O) groups excluding carboxylic acids is 1. The average Bonchev–Trinajstić information content (AvgIpc) is 2.97. The third kappa shape index (κ3) is 4.97. The zero-order valence-corrected chi connectivity index (χ0v) is 14.8. The first-order chi connectivity index (χ1) is 11.5. The first kappa shape index (κ1) is 18.3. The molecular formula is C17H22ClN3O3. The van der Waals surface area contributed by atoms with Crippen molar-refractivity contribution in [2.24, 2.45) is 7.05 Å². The number of ether oxygens (including phenoxy) is 2. The Morgan fingerprint density at radius 1 is 1.33 bits per heavy atom.